The van der Waals surface area contributed by atoms with Crippen LogP contribution in [0, 0.1) is 5.82 Å². The molecule has 3 rings (SSSR count). The first kappa shape index (κ1) is 19.5. The Morgan fingerprint density at radius 3 is 2.39 bits per heavy atom. The number of alkyl halides is 3. The number of nitrogens with one attached hydrogen (secondary N) is 1. The largest absolute Gasteiger partial charge is 0.414 e. The van der Waals surface area contributed by atoms with E-state index in [0.717, 1.165) is 5.56 Å². The van der Waals surface area contributed by atoms with Gasteiger partial charge in [0, 0.05) is 18.3 Å². The topological polar surface area (TPSA) is 54.9 Å². The van der Waals surface area contributed by atoms with Crippen molar-refractivity contribution in [1.82, 2.24) is 15.3 Å². The van der Waals surface area contributed by atoms with Gasteiger partial charge in [0.25, 0.3) is 5.91 Å². The maximum absolute atomic E-state index is 13.4. The minimum Gasteiger partial charge on any atom is -0.334 e. The molecule has 0 fully saturated rings. The van der Waals surface area contributed by atoms with Crippen molar-refractivity contribution >= 4 is 5.91 Å². The number of carbonyl (C=O) groups excluding carboxylic acids is 1. The zero-order valence-corrected chi connectivity index (χ0v) is 14.4. The van der Waals surface area contributed by atoms with Crippen LogP contribution in [0.25, 0.3) is 0 Å². The molecule has 28 heavy (non-hydrogen) atoms. The summed E-state index contributed by atoms with van der Waals surface area (Å²) >= 11 is 0. The number of amides is 1. The molecule has 4 nitrogen and oxygen atoms in total. The molecule has 3 aromatic rings. The van der Waals surface area contributed by atoms with Gasteiger partial charge in [-0.05, 0) is 42.0 Å². The third-order valence-corrected chi connectivity index (χ3v) is 3.92. The Labute approximate surface area is 158 Å². The fourth-order valence-corrected chi connectivity index (χ4v) is 2.59. The molecule has 0 bridgehead atoms. The molecule has 0 spiro atoms. The molecule has 2 aromatic heterocycles. The van der Waals surface area contributed by atoms with Crippen molar-refractivity contribution in [2.24, 2.45) is 0 Å². The number of pyridine rings is 2. The second-order valence-corrected chi connectivity index (χ2v) is 6.02. The summed E-state index contributed by atoms with van der Waals surface area (Å²) in [6, 6.07) is 12.1. The van der Waals surface area contributed by atoms with Gasteiger partial charge in [-0.15, -0.1) is 0 Å². The average molecular weight is 389 g/mol. The predicted octanol–water partition coefficient (Wildman–Crippen LogP) is 4.24. The second kappa shape index (κ2) is 8.16. The minimum atomic E-state index is -4.71. The van der Waals surface area contributed by atoms with E-state index >= 15 is 0 Å². The van der Waals surface area contributed by atoms with Crippen molar-refractivity contribution in [3.05, 3.63) is 95.3 Å². The number of aromatic nitrogens is 2. The van der Waals surface area contributed by atoms with Crippen LogP contribution in [0.5, 0.6) is 0 Å². The summed E-state index contributed by atoms with van der Waals surface area (Å²) in [6.45, 7) is 0. The van der Waals surface area contributed by atoms with Crippen molar-refractivity contribution in [3.63, 3.8) is 0 Å². The maximum atomic E-state index is 13.4. The van der Waals surface area contributed by atoms with Crippen molar-refractivity contribution in [1.29, 1.82) is 0 Å². The number of benzene rings is 1. The summed E-state index contributed by atoms with van der Waals surface area (Å²) in [5.41, 5.74) is 0.768. The van der Waals surface area contributed by atoms with Crippen LogP contribution < -0.4 is 5.32 Å². The quantitative estimate of drug-likeness (QED) is 0.664. The van der Waals surface area contributed by atoms with Gasteiger partial charge in [0.1, 0.15) is 11.5 Å². The predicted molar refractivity (Wildman–Crippen MR) is 93.9 cm³/mol. The van der Waals surface area contributed by atoms with E-state index in [4.69, 9.17) is 0 Å². The molecule has 8 heteroatoms. The summed E-state index contributed by atoms with van der Waals surface area (Å²) in [7, 11) is 0. The van der Waals surface area contributed by atoms with E-state index in [2.05, 4.69) is 9.97 Å². The lowest BCUT2D eigenvalue weighted by atomic mass is 10.1. The number of carbonyl (C=O) groups is 1. The Bertz CT molecular complexity index is 944. The summed E-state index contributed by atoms with van der Waals surface area (Å²) < 4.78 is 53.1. The normalized spacial score (nSPS) is 12.4. The Morgan fingerprint density at radius 2 is 1.75 bits per heavy atom. The highest BCUT2D eigenvalue weighted by atomic mass is 19.4. The van der Waals surface area contributed by atoms with E-state index < -0.39 is 18.1 Å². The van der Waals surface area contributed by atoms with E-state index in [-0.39, 0.29) is 17.2 Å². The van der Waals surface area contributed by atoms with Crippen LogP contribution in [-0.4, -0.2) is 22.1 Å². The monoisotopic (exact) mass is 389 g/mol. The lowest BCUT2D eigenvalue weighted by molar-refractivity contribution is -0.156. The molecule has 0 saturated heterocycles. The van der Waals surface area contributed by atoms with E-state index in [9.17, 15) is 22.4 Å². The van der Waals surface area contributed by atoms with Gasteiger partial charge in [-0.25, -0.2) is 9.37 Å². The van der Waals surface area contributed by atoms with E-state index in [1.54, 1.807) is 18.2 Å². The summed E-state index contributed by atoms with van der Waals surface area (Å²) in [6.07, 6.45) is -3.18. The van der Waals surface area contributed by atoms with Crippen LogP contribution in [0.1, 0.15) is 33.5 Å². The molecule has 1 amide bonds. The van der Waals surface area contributed by atoms with Crippen LogP contribution >= 0.6 is 0 Å². The number of halogens is 4. The summed E-state index contributed by atoms with van der Waals surface area (Å²) in [5, 5.41) is 1.95. The molecule has 1 aromatic carbocycles. The maximum Gasteiger partial charge on any atom is 0.414 e. The van der Waals surface area contributed by atoms with E-state index in [0.29, 0.717) is 12.1 Å². The first-order valence-electron chi connectivity index (χ1n) is 8.32. The summed E-state index contributed by atoms with van der Waals surface area (Å²) in [4.78, 5) is 20.2. The SMILES string of the molecule is O=C(N[C@H](c1ccccn1)C(F)(F)F)c1cccc(Cc2ccc(F)cc2)n1. The highest BCUT2D eigenvalue weighted by molar-refractivity contribution is 5.92. The zero-order valence-electron chi connectivity index (χ0n) is 14.4. The van der Waals surface area contributed by atoms with Crippen molar-refractivity contribution in [2.45, 2.75) is 18.6 Å². The van der Waals surface area contributed by atoms with Gasteiger partial charge in [0.15, 0.2) is 6.04 Å². The average Bonchev–Trinajstić information content (AvgIpc) is 2.68. The third kappa shape index (κ3) is 4.91. The van der Waals surface area contributed by atoms with Gasteiger partial charge in [0.05, 0.1) is 5.69 Å². The van der Waals surface area contributed by atoms with Crippen LogP contribution in [0.15, 0.2) is 66.9 Å². The third-order valence-electron chi connectivity index (χ3n) is 3.92. The molecule has 1 atom stereocenters. The van der Waals surface area contributed by atoms with Gasteiger partial charge >= 0.3 is 6.18 Å². The van der Waals surface area contributed by atoms with Gasteiger partial charge in [-0.1, -0.05) is 24.3 Å². The molecule has 0 aliphatic carbocycles. The summed E-state index contributed by atoms with van der Waals surface area (Å²) in [5.74, 6) is -1.34. The Hall–Kier alpha value is -3.29. The molecule has 0 aliphatic rings. The number of rotatable bonds is 5. The first-order chi connectivity index (χ1) is 13.3. The lowest BCUT2D eigenvalue weighted by Crippen LogP contribution is -2.39. The zero-order chi connectivity index (χ0) is 20.1. The number of hydrogen-bond acceptors (Lipinski definition) is 3. The molecular formula is C20H15F4N3O. The Morgan fingerprint density at radius 1 is 1.00 bits per heavy atom. The molecule has 2 heterocycles. The number of hydrogen-bond donors (Lipinski definition) is 1. The molecule has 1 N–H and O–H groups in total. The first-order valence-corrected chi connectivity index (χ1v) is 8.32. The van der Waals surface area contributed by atoms with Gasteiger partial charge in [-0.3, -0.25) is 9.78 Å². The van der Waals surface area contributed by atoms with Crippen molar-refractivity contribution in [3.8, 4) is 0 Å². The highest BCUT2D eigenvalue weighted by Crippen LogP contribution is 2.31. The van der Waals surface area contributed by atoms with E-state index in [1.807, 2.05) is 5.32 Å². The lowest BCUT2D eigenvalue weighted by Gasteiger charge is -2.21. The molecular weight excluding hydrogens is 374 g/mol. The van der Waals surface area contributed by atoms with Crippen LogP contribution in [0.2, 0.25) is 0 Å². The highest BCUT2D eigenvalue weighted by Gasteiger charge is 2.43. The Balaban J connectivity index is 1.79. The molecule has 0 unspecified atom stereocenters. The van der Waals surface area contributed by atoms with Gasteiger partial charge in [0.2, 0.25) is 0 Å². The minimum absolute atomic E-state index is 0.148. The van der Waals surface area contributed by atoms with Crippen molar-refractivity contribution in [2.75, 3.05) is 0 Å². The second-order valence-electron chi connectivity index (χ2n) is 6.02. The van der Waals surface area contributed by atoms with Gasteiger partial charge in [-0.2, -0.15) is 13.2 Å². The molecule has 0 radical (unpaired) electrons. The van der Waals surface area contributed by atoms with Crippen LogP contribution in [0.3, 0.4) is 0 Å². The fraction of sp³-hybridized carbons (Fsp3) is 0.150. The molecule has 0 aliphatic heterocycles. The van der Waals surface area contributed by atoms with Crippen LogP contribution in [-0.2, 0) is 6.42 Å². The van der Waals surface area contributed by atoms with E-state index in [1.165, 1.54) is 48.7 Å². The molecule has 0 saturated carbocycles. The Kier molecular flexibility index (Phi) is 5.67. The van der Waals surface area contributed by atoms with Crippen molar-refractivity contribution < 1.29 is 22.4 Å². The van der Waals surface area contributed by atoms with Crippen LogP contribution in [0.4, 0.5) is 17.6 Å². The smallest absolute Gasteiger partial charge is 0.334 e. The molecule has 144 valence electrons. The standard InChI is InChI=1S/C20H15F4N3O/c21-14-9-7-13(8-10-14)12-15-4-3-6-17(26-15)19(28)27-18(20(22,23)24)16-5-1-2-11-25-16/h1-11,18H,12H2,(H,27,28)/t18-/m1/s1. The number of nitrogens with zero attached hydrogens (tertiary/aromatic N) is 2. The van der Waals surface area contributed by atoms with Gasteiger partial charge < -0.3 is 5.32 Å². The fourth-order valence-electron chi connectivity index (χ4n) is 2.59.